The highest BCUT2D eigenvalue weighted by molar-refractivity contribution is 5.94. The molecule has 0 aliphatic rings. The van der Waals surface area contributed by atoms with Gasteiger partial charge in [0.2, 0.25) is 5.91 Å². The summed E-state index contributed by atoms with van der Waals surface area (Å²) in [5.74, 6) is -0.577. The predicted molar refractivity (Wildman–Crippen MR) is 120 cm³/mol. The van der Waals surface area contributed by atoms with Gasteiger partial charge in [-0.3, -0.25) is 9.59 Å². The lowest BCUT2D eigenvalue weighted by Crippen LogP contribution is -2.30. The van der Waals surface area contributed by atoms with Crippen LogP contribution in [0.2, 0.25) is 0 Å². The summed E-state index contributed by atoms with van der Waals surface area (Å²) in [5.41, 5.74) is 1.63. The van der Waals surface area contributed by atoms with E-state index in [-0.39, 0.29) is 29.7 Å². The molecule has 0 atom stereocenters. The number of benzene rings is 2. The van der Waals surface area contributed by atoms with Gasteiger partial charge in [-0.2, -0.15) is 18.3 Å². The number of carbonyl (C=O) groups excluding carboxylic acids is 2. The normalized spacial score (nSPS) is 11.3. The summed E-state index contributed by atoms with van der Waals surface area (Å²) in [6, 6.07) is 10.9. The van der Waals surface area contributed by atoms with Crippen LogP contribution in [0.5, 0.6) is 5.75 Å². The summed E-state index contributed by atoms with van der Waals surface area (Å²) in [6.45, 7) is 4.08. The Hall–Kier alpha value is -3.82. The first-order valence-electron chi connectivity index (χ1n) is 10.6. The molecule has 180 valence electrons. The Balaban J connectivity index is 1.53. The SMILES string of the molecule is Cc1nn(-c2cccc(C(F)(F)F)c2)c(C)c1CC(=O)NCCCNC(=O)c1cccc(O)c1. The molecule has 0 fully saturated rings. The van der Waals surface area contributed by atoms with Crippen molar-refractivity contribution in [2.45, 2.75) is 32.9 Å². The standard InChI is InChI=1S/C24H25F3N4O3/c1-15-21(16(2)31(30-15)19-8-4-7-18(13-19)24(25,26)27)14-22(33)28-10-5-11-29-23(34)17-6-3-9-20(32)12-17/h3-4,6-9,12-13,32H,5,10-11,14H2,1-2H3,(H,28,33)(H,29,34). The fourth-order valence-electron chi connectivity index (χ4n) is 3.49. The first-order valence-corrected chi connectivity index (χ1v) is 10.6. The highest BCUT2D eigenvalue weighted by Gasteiger charge is 2.30. The van der Waals surface area contributed by atoms with Gasteiger partial charge in [0, 0.05) is 29.9 Å². The Morgan fingerprint density at radius 3 is 2.44 bits per heavy atom. The van der Waals surface area contributed by atoms with Crippen LogP contribution < -0.4 is 10.6 Å². The van der Waals surface area contributed by atoms with Crippen molar-refractivity contribution in [3.63, 3.8) is 0 Å². The molecule has 34 heavy (non-hydrogen) atoms. The molecule has 7 nitrogen and oxygen atoms in total. The lowest BCUT2D eigenvalue weighted by molar-refractivity contribution is -0.137. The molecule has 0 saturated heterocycles. The number of rotatable bonds is 8. The van der Waals surface area contributed by atoms with E-state index >= 15 is 0 Å². The smallest absolute Gasteiger partial charge is 0.416 e. The van der Waals surface area contributed by atoms with E-state index in [1.54, 1.807) is 26.0 Å². The van der Waals surface area contributed by atoms with Crippen LogP contribution in [-0.2, 0) is 17.4 Å². The second-order valence-corrected chi connectivity index (χ2v) is 7.80. The number of halogens is 3. The van der Waals surface area contributed by atoms with Gasteiger partial charge in [0.25, 0.3) is 5.91 Å². The van der Waals surface area contributed by atoms with Gasteiger partial charge >= 0.3 is 6.18 Å². The summed E-state index contributed by atoms with van der Waals surface area (Å²) in [7, 11) is 0. The molecule has 0 aliphatic carbocycles. The molecular weight excluding hydrogens is 449 g/mol. The van der Waals surface area contributed by atoms with Crippen LogP contribution >= 0.6 is 0 Å². The molecule has 0 aliphatic heterocycles. The van der Waals surface area contributed by atoms with Gasteiger partial charge in [0.05, 0.1) is 23.4 Å². The van der Waals surface area contributed by atoms with Gasteiger partial charge in [0.1, 0.15) is 5.75 Å². The summed E-state index contributed by atoms with van der Waals surface area (Å²) in [5, 5.41) is 19.2. The van der Waals surface area contributed by atoms with Crippen LogP contribution in [0.3, 0.4) is 0 Å². The van der Waals surface area contributed by atoms with Crippen LogP contribution in [0, 0.1) is 13.8 Å². The van der Waals surface area contributed by atoms with E-state index in [4.69, 9.17) is 0 Å². The number of nitrogens with one attached hydrogen (secondary N) is 2. The second-order valence-electron chi connectivity index (χ2n) is 7.80. The maximum Gasteiger partial charge on any atom is 0.416 e. The number of hydrogen-bond acceptors (Lipinski definition) is 4. The maximum absolute atomic E-state index is 13.0. The minimum absolute atomic E-state index is 0.00174. The highest BCUT2D eigenvalue weighted by Crippen LogP contribution is 2.30. The van der Waals surface area contributed by atoms with E-state index in [0.717, 1.165) is 12.1 Å². The topological polar surface area (TPSA) is 96.3 Å². The van der Waals surface area contributed by atoms with Crippen molar-refractivity contribution in [1.29, 1.82) is 0 Å². The lowest BCUT2D eigenvalue weighted by atomic mass is 10.1. The number of nitrogens with zero attached hydrogens (tertiary/aromatic N) is 2. The van der Waals surface area contributed by atoms with Gasteiger partial charge in [-0.1, -0.05) is 12.1 Å². The molecule has 2 aromatic carbocycles. The monoisotopic (exact) mass is 474 g/mol. The second kappa shape index (κ2) is 10.4. The third-order valence-electron chi connectivity index (χ3n) is 5.27. The molecule has 0 bridgehead atoms. The zero-order valence-electron chi connectivity index (χ0n) is 18.7. The Morgan fingerprint density at radius 2 is 1.74 bits per heavy atom. The molecule has 0 radical (unpaired) electrons. The molecule has 3 rings (SSSR count). The third-order valence-corrected chi connectivity index (χ3v) is 5.27. The maximum atomic E-state index is 13.0. The minimum Gasteiger partial charge on any atom is -0.508 e. The molecule has 3 N–H and O–H groups in total. The van der Waals surface area contributed by atoms with Crippen molar-refractivity contribution >= 4 is 11.8 Å². The van der Waals surface area contributed by atoms with Crippen LogP contribution in [0.15, 0.2) is 48.5 Å². The van der Waals surface area contributed by atoms with Crippen LogP contribution in [0.25, 0.3) is 5.69 Å². The Kier molecular flexibility index (Phi) is 7.60. The number of hydrogen-bond donors (Lipinski definition) is 3. The molecule has 3 aromatic rings. The average molecular weight is 474 g/mol. The van der Waals surface area contributed by atoms with Crippen molar-refractivity contribution in [2.24, 2.45) is 0 Å². The van der Waals surface area contributed by atoms with Gasteiger partial charge in [-0.25, -0.2) is 4.68 Å². The molecular formula is C24H25F3N4O3. The minimum atomic E-state index is -4.46. The summed E-state index contributed by atoms with van der Waals surface area (Å²) in [6.07, 6.45) is -3.93. The molecule has 0 saturated carbocycles. The summed E-state index contributed by atoms with van der Waals surface area (Å²) in [4.78, 5) is 24.4. The van der Waals surface area contributed by atoms with Crippen LogP contribution in [0.4, 0.5) is 13.2 Å². The van der Waals surface area contributed by atoms with Crippen molar-refractivity contribution in [1.82, 2.24) is 20.4 Å². The number of alkyl halides is 3. The first kappa shape index (κ1) is 24.8. The van der Waals surface area contributed by atoms with Crippen molar-refractivity contribution in [3.8, 4) is 11.4 Å². The largest absolute Gasteiger partial charge is 0.508 e. The van der Waals surface area contributed by atoms with Crippen LogP contribution in [-0.4, -0.2) is 39.8 Å². The van der Waals surface area contributed by atoms with E-state index in [1.165, 1.54) is 28.9 Å². The molecule has 2 amide bonds. The molecule has 1 aromatic heterocycles. The quantitative estimate of drug-likeness (QED) is 0.434. The highest BCUT2D eigenvalue weighted by atomic mass is 19.4. The van der Waals surface area contributed by atoms with E-state index in [1.807, 2.05) is 0 Å². The van der Waals surface area contributed by atoms with Crippen molar-refractivity contribution < 1.29 is 27.9 Å². The summed E-state index contributed by atoms with van der Waals surface area (Å²) < 4.78 is 40.5. The Morgan fingerprint density at radius 1 is 1.03 bits per heavy atom. The number of carbonyl (C=O) groups is 2. The third kappa shape index (κ3) is 6.15. The van der Waals surface area contributed by atoms with Gasteiger partial charge in [-0.15, -0.1) is 0 Å². The average Bonchev–Trinajstić information content (AvgIpc) is 3.06. The predicted octanol–water partition coefficient (Wildman–Crippen LogP) is 3.69. The number of amides is 2. The Bertz CT molecular complexity index is 1190. The number of aryl methyl sites for hydroxylation is 1. The Labute approximate surface area is 194 Å². The molecule has 10 heteroatoms. The summed E-state index contributed by atoms with van der Waals surface area (Å²) >= 11 is 0. The fraction of sp³-hybridized carbons (Fsp3) is 0.292. The fourth-order valence-corrected chi connectivity index (χ4v) is 3.49. The number of phenols is 1. The first-order chi connectivity index (χ1) is 16.1. The van der Waals surface area contributed by atoms with E-state index in [0.29, 0.717) is 42.0 Å². The molecule has 1 heterocycles. The van der Waals surface area contributed by atoms with Gasteiger partial charge in [-0.05, 0) is 56.7 Å². The molecule has 0 spiro atoms. The number of aromatic hydroxyl groups is 1. The van der Waals surface area contributed by atoms with Gasteiger partial charge < -0.3 is 15.7 Å². The molecule has 0 unspecified atom stereocenters. The zero-order valence-corrected chi connectivity index (χ0v) is 18.7. The van der Waals surface area contributed by atoms with Gasteiger partial charge in [0.15, 0.2) is 0 Å². The number of aromatic nitrogens is 2. The van der Waals surface area contributed by atoms with Crippen molar-refractivity contribution in [2.75, 3.05) is 13.1 Å². The zero-order chi connectivity index (χ0) is 24.9. The van der Waals surface area contributed by atoms with Crippen molar-refractivity contribution in [3.05, 3.63) is 76.6 Å². The van der Waals surface area contributed by atoms with E-state index in [9.17, 15) is 27.9 Å². The number of phenolic OH excluding ortho intramolecular Hbond substituents is 1. The lowest BCUT2D eigenvalue weighted by Gasteiger charge is -2.10. The van der Waals surface area contributed by atoms with E-state index in [2.05, 4.69) is 15.7 Å². The van der Waals surface area contributed by atoms with Crippen LogP contribution in [0.1, 0.15) is 39.3 Å². The van der Waals surface area contributed by atoms with E-state index < -0.39 is 11.7 Å².